The minimum atomic E-state index is -1.04. The topological polar surface area (TPSA) is 109 Å². The van der Waals surface area contributed by atoms with Gasteiger partial charge in [-0.05, 0) is 70.8 Å². The Hall–Kier alpha value is -2.75. The van der Waals surface area contributed by atoms with Crippen molar-refractivity contribution in [2.75, 3.05) is 13.1 Å². The lowest BCUT2D eigenvalue weighted by atomic mass is 9.70. The van der Waals surface area contributed by atoms with E-state index in [0.29, 0.717) is 44.3 Å². The van der Waals surface area contributed by atoms with Crippen LogP contribution in [0.5, 0.6) is 0 Å². The number of hydrogen-bond acceptors (Lipinski definition) is 6. The standard InChI is InChI=1S/C25H36FN5O4/c1-16(21(29-23(33)35-24(2,3)4)22(32)30-12-9-19(26)14-30)17-7-10-25(34,11-8-17)18-5-6-20-27-15-28-31(20)13-18/h5-6,13,15-17,19,21,34H,7-12,14H2,1-4H3,(H,29,33)/t16-,17?,19-,21-,25?/m0/s1. The number of likely N-dealkylation sites (tertiary alicyclic amines) is 1. The number of rotatable bonds is 5. The summed E-state index contributed by atoms with van der Waals surface area (Å²) < 4.78 is 20.9. The molecule has 1 aliphatic heterocycles. The number of hydrogen-bond donors (Lipinski definition) is 2. The summed E-state index contributed by atoms with van der Waals surface area (Å²) >= 11 is 0. The van der Waals surface area contributed by atoms with Crippen LogP contribution in [0.2, 0.25) is 0 Å². The van der Waals surface area contributed by atoms with Gasteiger partial charge in [-0.15, -0.1) is 0 Å². The van der Waals surface area contributed by atoms with Crippen molar-refractivity contribution in [2.24, 2.45) is 11.8 Å². The van der Waals surface area contributed by atoms with Crippen molar-refractivity contribution < 1.29 is 23.8 Å². The Labute approximate surface area is 205 Å². The Kier molecular flexibility index (Phi) is 7.04. The van der Waals surface area contributed by atoms with Crippen molar-refractivity contribution in [3.63, 3.8) is 0 Å². The Morgan fingerprint density at radius 1 is 1.26 bits per heavy atom. The van der Waals surface area contributed by atoms with E-state index >= 15 is 0 Å². The van der Waals surface area contributed by atoms with E-state index in [9.17, 15) is 19.1 Å². The van der Waals surface area contributed by atoms with E-state index in [-0.39, 0.29) is 24.3 Å². The molecule has 0 spiro atoms. The minimum Gasteiger partial charge on any atom is -0.444 e. The second-order valence-electron chi connectivity index (χ2n) is 11.0. The van der Waals surface area contributed by atoms with Crippen LogP contribution in [0.15, 0.2) is 24.7 Å². The summed E-state index contributed by atoms with van der Waals surface area (Å²) in [5.74, 6) is -0.393. The highest BCUT2D eigenvalue weighted by Gasteiger charge is 2.42. The van der Waals surface area contributed by atoms with Gasteiger partial charge < -0.3 is 20.1 Å². The van der Waals surface area contributed by atoms with Gasteiger partial charge in [0.15, 0.2) is 5.65 Å². The fourth-order valence-corrected chi connectivity index (χ4v) is 5.26. The zero-order valence-corrected chi connectivity index (χ0v) is 20.9. The van der Waals surface area contributed by atoms with Crippen LogP contribution in [-0.4, -0.2) is 67.5 Å². The van der Waals surface area contributed by atoms with Gasteiger partial charge in [0.1, 0.15) is 24.1 Å². The summed E-state index contributed by atoms with van der Waals surface area (Å²) in [5, 5.41) is 18.3. The lowest BCUT2D eigenvalue weighted by molar-refractivity contribution is -0.134. The number of carbonyl (C=O) groups is 2. The molecule has 2 amide bonds. The first-order chi connectivity index (χ1) is 16.4. The first-order valence-corrected chi connectivity index (χ1v) is 12.4. The van der Waals surface area contributed by atoms with Gasteiger partial charge in [-0.3, -0.25) is 4.79 Å². The molecule has 2 fully saturated rings. The predicted molar refractivity (Wildman–Crippen MR) is 127 cm³/mol. The summed E-state index contributed by atoms with van der Waals surface area (Å²) in [6, 6.07) is 2.89. The van der Waals surface area contributed by atoms with E-state index in [4.69, 9.17) is 4.74 Å². The Morgan fingerprint density at radius 2 is 1.97 bits per heavy atom. The molecule has 0 aromatic carbocycles. The van der Waals surface area contributed by atoms with Gasteiger partial charge in [0, 0.05) is 18.3 Å². The maximum Gasteiger partial charge on any atom is 0.408 e. The highest BCUT2D eigenvalue weighted by Crippen LogP contribution is 2.42. The highest BCUT2D eigenvalue weighted by atomic mass is 19.1. The summed E-state index contributed by atoms with van der Waals surface area (Å²) in [4.78, 5) is 31.6. The Balaban J connectivity index is 1.46. The van der Waals surface area contributed by atoms with Crippen LogP contribution in [0, 0.1) is 11.8 Å². The van der Waals surface area contributed by atoms with Crippen molar-refractivity contribution in [1.29, 1.82) is 0 Å². The molecule has 4 rings (SSSR count). The number of alkyl halides is 1. The zero-order chi connectivity index (χ0) is 25.4. The van der Waals surface area contributed by atoms with E-state index in [2.05, 4.69) is 15.4 Å². The number of ether oxygens (including phenoxy) is 1. The third kappa shape index (κ3) is 5.74. The van der Waals surface area contributed by atoms with Crippen LogP contribution in [0.4, 0.5) is 9.18 Å². The molecule has 35 heavy (non-hydrogen) atoms. The largest absolute Gasteiger partial charge is 0.444 e. The van der Waals surface area contributed by atoms with Gasteiger partial charge in [-0.25, -0.2) is 18.7 Å². The number of aromatic nitrogens is 3. The van der Waals surface area contributed by atoms with Crippen molar-refractivity contribution in [1.82, 2.24) is 24.8 Å². The third-order valence-electron chi connectivity index (χ3n) is 7.32. The molecule has 10 heteroatoms. The predicted octanol–water partition coefficient (Wildman–Crippen LogP) is 3.21. The molecule has 1 saturated heterocycles. The molecule has 9 nitrogen and oxygen atoms in total. The first-order valence-electron chi connectivity index (χ1n) is 12.4. The lowest BCUT2D eigenvalue weighted by Gasteiger charge is -2.40. The third-order valence-corrected chi connectivity index (χ3v) is 7.32. The fourth-order valence-electron chi connectivity index (χ4n) is 5.26. The number of amides is 2. The number of nitrogens with zero attached hydrogens (tertiary/aromatic N) is 4. The fraction of sp³-hybridized carbons (Fsp3) is 0.680. The van der Waals surface area contributed by atoms with E-state index < -0.39 is 29.5 Å². The SMILES string of the molecule is C[C@@H](C1CCC(O)(c2ccc3ncnn3c2)CC1)[C@H](NC(=O)OC(C)(C)C)C(=O)N1CC[C@H](F)C1. The number of pyridine rings is 1. The normalized spacial score (nSPS) is 27.0. The zero-order valence-electron chi connectivity index (χ0n) is 20.9. The molecule has 2 aromatic rings. The van der Waals surface area contributed by atoms with Gasteiger partial charge in [-0.1, -0.05) is 13.0 Å². The van der Waals surface area contributed by atoms with Gasteiger partial charge in [0.05, 0.1) is 12.1 Å². The quantitative estimate of drug-likeness (QED) is 0.668. The van der Waals surface area contributed by atoms with Crippen LogP contribution in [0.25, 0.3) is 5.65 Å². The van der Waals surface area contributed by atoms with Gasteiger partial charge in [-0.2, -0.15) is 5.10 Å². The summed E-state index contributed by atoms with van der Waals surface area (Å²) in [6.45, 7) is 7.62. The Bertz CT molecular complexity index is 1060. The Morgan fingerprint density at radius 3 is 2.60 bits per heavy atom. The molecule has 0 bridgehead atoms. The van der Waals surface area contributed by atoms with E-state index in [1.54, 1.807) is 25.3 Å². The molecule has 1 saturated carbocycles. The summed E-state index contributed by atoms with van der Waals surface area (Å²) in [7, 11) is 0. The van der Waals surface area contributed by atoms with Gasteiger partial charge >= 0.3 is 6.09 Å². The molecule has 0 unspecified atom stereocenters. The second-order valence-corrected chi connectivity index (χ2v) is 11.0. The van der Waals surface area contributed by atoms with Crippen LogP contribution in [0.3, 0.4) is 0 Å². The summed E-state index contributed by atoms with van der Waals surface area (Å²) in [6.07, 6.45) is 4.29. The molecule has 0 radical (unpaired) electrons. The first kappa shape index (κ1) is 25.3. The number of nitrogens with one attached hydrogen (secondary N) is 1. The number of fused-ring (bicyclic) bond motifs is 1. The van der Waals surface area contributed by atoms with Crippen molar-refractivity contribution in [3.05, 3.63) is 30.2 Å². The smallest absolute Gasteiger partial charge is 0.408 e. The average molecular weight is 490 g/mol. The van der Waals surface area contributed by atoms with Gasteiger partial charge in [0.2, 0.25) is 5.91 Å². The monoisotopic (exact) mass is 489 g/mol. The van der Waals surface area contributed by atoms with E-state index in [1.165, 1.54) is 11.2 Å². The molecular weight excluding hydrogens is 453 g/mol. The number of alkyl carbamates (subject to hydrolysis) is 1. The van der Waals surface area contributed by atoms with Crippen LogP contribution in [-0.2, 0) is 15.1 Å². The molecule has 2 aromatic heterocycles. The molecule has 2 aliphatic rings. The molecular formula is C25H36FN5O4. The molecule has 2 N–H and O–H groups in total. The maximum absolute atomic E-state index is 13.8. The molecule has 192 valence electrons. The average Bonchev–Trinajstić information content (AvgIpc) is 3.44. The van der Waals surface area contributed by atoms with Crippen LogP contribution in [0.1, 0.15) is 65.4 Å². The number of aliphatic hydroxyl groups is 1. The lowest BCUT2D eigenvalue weighted by Crippen LogP contribution is -2.54. The number of halogens is 1. The van der Waals surface area contributed by atoms with Crippen molar-refractivity contribution in [3.8, 4) is 0 Å². The van der Waals surface area contributed by atoms with E-state index in [1.807, 2.05) is 25.3 Å². The van der Waals surface area contributed by atoms with Crippen LogP contribution >= 0.6 is 0 Å². The molecule has 3 heterocycles. The van der Waals surface area contributed by atoms with Crippen molar-refractivity contribution >= 4 is 17.6 Å². The second kappa shape index (κ2) is 9.72. The van der Waals surface area contributed by atoms with Crippen molar-refractivity contribution in [2.45, 2.75) is 83.2 Å². The number of carbonyl (C=O) groups excluding carboxylic acids is 2. The maximum atomic E-state index is 13.8. The van der Waals surface area contributed by atoms with Gasteiger partial charge in [0.25, 0.3) is 0 Å². The van der Waals surface area contributed by atoms with Crippen LogP contribution < -0.4 is 5.32 Å². The van der Waals surface area contributed by atoms with E-state index in [0.717, 1.165) is 5.56 Å². The minimum absolute atomic E-state index is 0.0488. The summed E-state index contributed by atoms with van der Waals surface area (Å²) in [5.41, 5.74) is -0.200. The molecule has 3 atom stereocenters. The highest BCUT2D eigenvalue weighted by molar-refractivity contribution is 5.86. The molecule has 1 aliphatic carbocycles.